The fraction of sp³-hybridized carbons (Fsp3) is 0.235. The van der Waals surface area contributed by atoms with Gasteiger partial charge in [0.1, 0.15) is 0 Å². The number of hydrogen-bond donors (Lipinski definition) is 0. The predicted molar refractivity (Wildman–Crippen MR) is 92.1 cm³/mol. The van der Waals surface area contributed by atoms with Crippen LogP contribution in [0, 0.1) is 0 Å². The normalized spacial score (nSPS) is 12.5. The number of fused-ring (bicyclic) bond motifs is 1. The maximum atomic E-state index is 8.35. The molecule has 2 aromatic carbocycles. The average molecular weight is 313 g/mol. The van der Waals surface area contributed by atoms with Crippen LogP contribution >= 0.6 is 12.4 Å². The number of azide groups is 1. The Labute approximate surface area is 135 Å². The highest BCUT2D eigenvalue weighted by atomic mass is 35.5. The summed E-state index contributed by atoms with van der Waals surface area (Å²) in [6.07, 6.45) is 1.77. The van der Waals surface area contributed by atoms with Crippen LogP contribution in [0.2, 0.25) is 0 Å². The third-order valence-electron chi connectivity index (χ3n) is 3.69. The van der Waals surface area contributed by atoms with E-state index in [4.69, 9.17) is 10.5 Å². The lowest BCUT2D eigenvalue weighted by molar-refractivity contribution is 0.941. The van der Waals surface area contributed by atoms with E-state index in [1.54, 1.807) is 0 Å². The number of halogens is 1. The molecule has 0 unspecified atom stereocenters. The Morgan fingerprint density at radius 2 is 2.00 bits per heavy atom. The van der Waals surface area contributed by atoms with Gasteiger partial charge in [-0.05, 0) is 35.6 Å². The molecule has 2 aromatic rings. The van der Waals surface area contributed by atoms with E-state index in [9.17, 15) is 0 Å². The van der Waals surface area contributed by atoms with Crippen LogP contribution in [0.1, 0.15) is 22.3 Å². The van der Waals surface area contributed by atoms with Crippen LogP contribution in [-0.2, 0) is 12.8 Å². The molecule has 0 aliphatic carbocycles. The summed E-state index contributed by atoms with van der Waals surface area (Å²) < 4.78 is 0. The van der Waals surface area contributed by atoms with Gasteiger partial charge >= 0.3 is 0 Å². The second-order valence-electron chi connectivity index (χ2n) is 5.04. The van der Waals surface area contributed by atoms with E-state index in [-0.39, 0.29) is 12.4 Å². The second-order valence-corrected chi connectivity index (χ2v) is 5.04. The van der Waals surface area contributed by atoms with Crippen LogP contribution in [-0.4, -0.2) is 18.8 Å². The van der Waals surface area contributed by atoms with Crippen LogP contribution in [0.3, 0.4) is 0 Å². The average Bonchev–Trinajstić information content (AvgIpc) is 2.55. The van der Waals surface area contributed by atoms with Gasteiger partial charge in [-0.1, -0.05) is 47.6 Å². The highest BCUT2D eigenvalue weighted by Crippen LogP contribution is 2.21. The van der Waals surface area contributed by atoms with Crippen molar-refractivity contribution in [2.24, 2.45) is 10.1 Å². The van der Waals surface area contributed by atoms with E-state index >= 15 is 0 Å². The first-order valence-electron chi connectivity index (χ1n) is 7.11. The van der Waals surface area contributed by atoms with Gasteiger partial charge in [-0.25, -0.2) is 0 Å². The molecule has 3 rings (SSSR count). The maximum absolute atomic E-state index is 8.35. The molecule has 1 heterocycles. The molecule has 0 aromatic heterocycles. The Balaban J connectivity index is 0.00000176. The van der Waals surface area contributed by atoms with Gasteiger partial charge in [0.15, 0.2) is 0 Å². The quantitative estimate of drug-likeness (QED) is 0.457. The van der Waals surface area contributed by atoms with Gasteiger partial charge in [-0.15, -0.1) is 12.4 Å². The standard InChI is InChI=1S/C17H16N4.ClH/c18-21-20-11-8-13-4-3-6-15(12-13)17-16-7-2-1-5-14(16)9-10-19-17;/h1-7,12H,8-11H2;1H. The summed E-state index contributed by atoms with van der Waals surface area (Å²) >= 11 is 0. The monoisotopic (exact) mass is 312 g/mol. The number of nitrogens with zero attached hydrogens (tertiary/aromatic N) is 4. The first kappa shape index (κ1) is 16.1. The minimum atomic E-state index is 0. The van der Waals surface area contributed by atoms with Crippen molar-refractivity contribution in [3.05, 3.63) is 81.2 Å². The van der Waals surface area contributed by atoms with E-state index in [1.165, 1.54) is 16.7 Å². The van der Waals surface area contributed by atoms with E-state index in [1.807, 2.05) is 6.07 Å². The molecule has 0 atom stereocenters. The minimum absolute atomic E-state index is 0. The molecule has 0 N–H and O–H groups in total. The zero-order valence-corrected chi connectivity index (χ0v) is 13.0. The second kappa shape index (κ2) is 7.64. The molecule has 1 aliphatic rings. The predicted octanol–water partition coefficient (Wildman–Crippen LogP) is 4.35. The van der Waals surface area contributed by atoms with Gasteiger partial charge in [0.25, 0.3) is 0 Å². The summed E-state index contributed by atoms with van der Waals surface area (Å²) in [5.74, 6) is 0. The van der Waals surface area contributed by atoms with Crippen molar-refractivity contribution in [1.82, 2.24) is 0 Å². The lowest BCUT2D eigenvalue weighted by Gasteiger charge is -2.17. The lowest BCUT2D eigenvalue weighted by Crippen LogP contribution is -2.14. The molecular formula is C17H17ClN4. The molecule has 0 radical (unpaired) electrons. The molecule has 0 amide bonds. The molecule has 22 heavy (non-hydrogen) atoms. The van der Waals surface area contributed by atoms with Gasteiger partial charge < -0.3 is 0 Å². The number of rotatable bonds is 4. The molecule has 0 saturated heterocycles. The summed E-state index contributed by atoms with van der Waals surface area (Å²) in [5, 5.41) is 3.60. The molecule has 0 bridgehead atoms. The van der Waals surface area contributed by atoms with Crippen LogP contribution < -0.4 is 0 Å². The first-order valence-corrected chi connectivity index (χ1v) is 7.11. The fourth-order valence-electron chi connectivity index (χ4n) is 2.69. The number of benzene rings is 2. The van der Waals surface area contributed by atoms with Crippen molar-refractivity contribution >= 4 is 18.1 Å². The van der Waals surface area contributed by atoms with Crippen molar-refractivity contribution in [3.8, 4) is 0 Å². The third kappa shape index (κ3) is 3.48. The van der Waals surface area contributed by atoms with Gasteiger partial charge in [0.05, 0.1) is 5.71 Å². The van der Waals surface area contributed by atoms with Crippen LogP contribution in [0.25, 0.3) is 10.4 Å². The Kier molecular flexibility index (Phi) is 5.59. The Morgan fingerprint density at radius 3 is 2.86 bits per heavy atom. The molecule has 0 spiro atoms. The summed E-state index contributed by atoms with van der Waals surface area (Å²) in [6, 6.07) is 16.8. The van der Waals surface area contributed by atoms with Crippen LogP contribution in [0.15, 0.2) is 58.6 Å². The van der Waals surface area contributed by atoms with E-state index in [0.717, 1.165) is 30.7 Å². The van der Waals surface area contributed by atoms with Crippen molar-refractivity contribution in [2.75, 3.05) is 13.1 Å². The minimum Gasteiger partial charge on any atom is -0.284 e. The van der Waals surface area contributed by atoms with Gasteiger partial charge in [-0.2, -0.15) is 0 Å². The van der Waals surface area contributed by atoms with Gasteiger partial charge in [0.2, 0.25) is 0 Å². The largest absolute Gasteiger partial charge is 0.284 e. The summed E-state index contributed by atoms with van der Waals surface area (Å²) in [4.78, 5) is 7.51. The molecule has 112 valence electrons. The van der Waals surface area contributed by atoms with Crippen molar-refractivity contribution < 1.29 is 0 Å². The third-order valence-corrected chi connectivity index (χ3v) is 3.69. The Morgan fingerprint density at radius 1 is 1.14 bits per heavy atom. The van der Waals surface area contributed by atoms with Crippen molar-refractivity contribution in [3.63, 3.8) is 0 Å². The fourth-order valence-corrected chi connectivity index (χ4v) is 2.69. The lowest BCUT2D eigenvalue weighted by atomic mass is 9.92. The molecule has 4 nitrogen and oxygen atoms in total. The van der Waals surface area contributed by atoms with Gasteiger partial charge in [-0.3, -0.25) is 4.99 Å². The maximum Gasteiger partial charge on any atom is 0.0721 e. The van der Waals surface area contributed by atoms with E-state index < -0.39 is 0 Å². The van der Waals surface area contributed by atoms with Crippen LogP contribution in [0.4, 0.5) is 0 Å². The van der Waals surface area contributed by atoms with Gasteiger partial charge in [0, 0.05) is 29.1 Å². The molecule has 0 saturated carbocycles. The van der Waals surface area contributed by atoms with Crippen LogP contribution in [0.5, 0.6) is 0 Å². The molecule has 5 heteroatoms. The van der Waals surface area contributed by atoms with E-state index in [0.29, 0.717) is 6.54 Å². The zero-order chi connectivity index (χ0) is 14.5. The first-order chi connectivity index (χ1) is 10.4. The van der Waals surface area contributed by atoms with E-state index in [2.05, 4.69) is 52.5 Å². The Hall–Kier alpha value is -2.29. The molecule has 0 fully saturated rings. The topological polar surface area (TPSA) is 61.1 Å². The molecular weight excluding hydrogens is 296 g/mol. The Bertz CT molecular complexity index is 733. The smallest absolute Gasteiger partial charge is 0.0721 e. The number of aliphatic imine (C=N–C) groups is 1. The molecule has 1 aliphatic heterocycles. The van der Waals surface area contributed by atoms with Crippen molar-refractivity contribution in [1.29, 1.82) is 0 Å². The zero-order valence-electron chi connectivity index (χ0n) is 12.1. The number of hydrogen-bond acceptors (Lipinski definition) is 2. The summed E-state index contributed by atoms with van der Waals surface area (Å²) in [5.41, 5.74) is 14.3. The SMILES string of the molecule is Cl.[N-]=[N+]=NCCc1cccc(C2=NCCc3ccccc32)c1. The summed E-state index contributed by atoms with van der Waals surface area (Å²) in [7, 11) is 0. The highest BCUT2D eigenvalue weighted by Gasteiger charge is 2.15. The highest BCUT2D eigenvalue weighted by molar-refractivity contribution is 6.14. The summed E-state index contributed by atoms with van der Waals surface area (Å²) in [6.45, 7) is 1.33. The van der Waals surface area contributed by atoms with Crippen molar-refractivity contribution in [2.45, 2.75) is 12.8 Å².